The van der Waals surface area contributed by atoms with E-state index >= 15 is 0 Å². The number of nitrogens with zero attached hydrogens (tertiary/aromatic N) is 1. The lowest BCUT2D eigenvalue weighted by atomic mass is 10.1. The maximum Gasteiger partial charge on any atom is 0.0787 e. The molecule has 1 fully saturated rings. The summed E-state index contributed by atoms with van der Waals surface area (Å²) >= 11 is 0. The molecule has 100 valence electrons. The third-order valence-electron chi connectivity index (χ3n) is 3.60. The van der Waals surface area contributed by atoms with E-state index < -0.39 is 0 Å². The fourth-order valence-electron chi connectivity index (χ4n) is 2.39. The lowest BCUT2D eigenvalue weighted by Crippen LogP contribution is -2.47. The fraction of sp³-hybridized carbons (Fsp3) is 0.600. The number of hydrogen-bond donors (Lipinski definition) is 1. The second-order valence-corrected chi connectivity index (χ2v) is 5.16. The molecule has 0 bridgehead atoms. The maximum atomic E-state index is 9.79. The van der Waals surface area contributed by atoms with E-state index in [1.54, 1.807) is 0 Å². The Hall–Kier alpha value is -1.06. The van der Waals surface area contributed by atoms with Crippen molar-refractivity contribution >= 4 is 5.69 Å². The number of hydrogen-bond acceptors (Lipinski definition) is 3. The molecule has 1 aliphatic heterocycles. The average Bonchev–Trinajstić information content (AvgIpc) is 2.41. The zero-order valence-electron chi connectivity index (χ0n) is 11.5. The van der Waals surface area contributed by atoms with E-state index in [1.807, 2.05) is 19.1 Å². The highest BCUT2D eigenvalue weighted by atomic mass is 16.5. The summed E-state index contributed by atoms with van der Waals surface area (Å²) in [5.41, 5.74) is 2.21. The van der Waals surface area contributed by atoms with Gasteiger partial charge in [0, 0.05) is 18.3 Å². The van der Waals surface area contributed by atoms with Crippen molar-refractivity contribution in [2.75, 3.05) is 18.1 Å². The molecule has 0 aliphatic carbocycles. The molecule has 1 aromatic rings. The number of rotatable bonds is 3. The minimum atomic E-state index is -0.347. The zero-order valence-corrected chi connectivity index (χ0v) is 11.5. The van der Waals surface area contributed by atoms with Crippen LogP contribution in [0.2, 0.25) is 0 Å². The standard InChI is InChI=1S/C15H23NO2/c1-4-15(17)13-5-7-14(8-6-13)16-9-12(3)18-10-11(16)2/h5-8,11-12,15,17H,4,9-10H2,1-3H3/t11?,12?,15-/m1/s1. The van der Waals surface area contributed by atoms with Gasteiger partial charge in [-0.3, -0.25) is 0 Å². The van der Waals surface area contributed by atoms with E-state index in [2.05, 4.69) is 30.9 Å². The first-order chi connectivity index (χ1) is 8.61. The van der Waals surface area contributed by atoms with Crippen LogP contribution in [0, 0.1) is 0 Å². The molecular formula is C15H23NO2. The largest absolute Gasteiger partial charge is 0.388 e. The van der Waals surface area contributed by atoms with Crippen molar-refractivity contribution < 1.29 is 9.84 Å². The molecule has 2 unspecified atom stereocenters. The third-order valence-corrected chi connectivity index (χ3v) is 3.60. The highest BCUT2D eigenvalue weighted by Crippen LogP contribution is 2.24. The summed E-state index contributed by atoms with van der Waals surface area (Å²) in [6.45, 7) is 7.98. The van der Waals surface area contributed by atoms with Crippen LogP contribution >= 0.6 is 0 Å². The third kappa shape index (κ3) is 2.85. The fourth-order valence-corrected chi connectivity index (χ4v) is 2.39. The van der Waals surface area contributed by atoms with Crippen molar-refractivity contribution in [3.05, 3.63) is 29.8 Å². The normalized spacial score (nSPS) is 26.1. The molecule has 0 saturated carbocycles. The van der Waals surface area contributed by atoms with Gasteiger partial charge in [-0.15, -0.1) is 0 Å². The molecule has 3 heteroatoms. The average molecular weight is 249 g/mol. The summed E-state index contributed by atoms with van der Waals surface area (Å²) in [4.78, 5) is 2.37. The van der Waals surface area contributed by atoms with Crippen LogP contribution in [-0.2, 0) is 4.74 Å². The van der Waals surface area contributed by atoms with E-state index in [-0.39, 0.29) is 12.2 Å². The molecule has 2 rings (SSSR count). The Morgan fingerprint density at radius 3 is 2.61 bits per heavy atom. The first-order valence-electron chi connectivity index (χ1n) is 6.78. The molecule has 1 N–H and O–H groups in total. The Morgan fingerprint density at radius 2 is 2.00 bits per heavy atom. The predicted molar refractivity (Wildman–Crippen MR) is 73.9 cm³/mol. The van der Waals surface area contributed by atoms with Gasteiger partial charge in [0.2, 0.25) is 0 Å². The summed E-state index contributed by atoms with van der Waals surface area (Å²) in [6.07, 6.45) is 0.687. The van der Waals surface area contributed by atoms with Gasteiger partial charge < -0.3 is 14.7 Å². The monoisotopic (exact) mass is 249 g/mol. The molecule has 3 nitrogen and oxygen atoms in total. The van der Waals surface area contributed by atoms with Gasteiger partial charge in [-0.25, -0.2) is 0 Å². The summed E-state index contributed by atoms with van der Waals surface area (Å²) < 4.78 is 5.64. The van der Waals surface area contributed by atoms with Crippen molar-refractivity contribution in [1.29, 1.82) is 0 Å². The Bertz CT molecular complexity index is 377. The number of ether oxygens (including phenoxy) is 1. The van der Waals surface area contributed by atoms with Crippen LogP contribution in [0.25, 0.3) is 0 Å². The smallest absolute Gasteiger partial charge is 0.0787 e. The zero-order chi connectivity index (χ0) is 13.1. The molecule has 0 amide bonds. The Morgan fingerprint density at radius 1 is 1.33 bits per heavy atom. The molecule has 3 atom stereocenters. The Labute approximate surface area is 109 Å². The number of aliphatic hydroxyl groups is 1. The van der Waals surface area contributed by atoms with Crippen molar-refractivity contribution in [2.45, 2.75) is 45.4 Å². The van der Waals surface area contributed by atoms with Gasteiger partial charge in [0.1, 0.15) is 0 Å². The molecule has 18 heavy (non-hydrogen) atoms. The lowest BCUT2D eigenvalue weighted by molar-refractivity contribution is 0.0344. The van der Waals surface area contributed by atoms with Crippen LogP contribution in [0.5, 0.6) is 0 Å². The SMILES string of the molecule is CC[C@@H](O)c1ccc(N2CC(C)OCC2C)cc1. The van der Waals surface area contributed by atoms with Crippen LogP contribution in [0.1, 0.15) is 38.9 Å². The van der Waals surface area contributed by atoms with Crippen molar-refractivity contribution in [2.24, 2.45) is 0 Å². The molecule has 1 aromatic carbocycles. The van der Waals surface area contributed by atoms with E-state index in [9.17, 15) is 5.11 Å². The van der Waals surface area contributed by atoms with Crippen LogP contribution in [0.3, 0.4) is 0 Å². The quantitative estimate of drug-likeness (QED) is 0.894. The highest BCUT2D eigenvalue weighted by Gasteiger charge is 2.23. The molecule has 0 spiro atoms. The Balaban J connectivity index is 2.13. The minimum Gasteiger partial charge on any atom is -0.388 e. The molecule has 0 aromatic heterocycles. The van der Waals surface area contributed by atoms with Crippen LogP contribution in [-0.4, -0.2) is 30.4 Å². The molecular weight excluding hydrogens is 226 g/mol. The first kappa shape index (κ1) is 13.4. The van der Waals surface area contributed by atoms with E-state index in [0.29, 0.717) is 6.04 Å². The van der Waals surface area contributed by atoms with E-state index in [1.165, 1.54) is 5.69 Å². The van der Waals surface area contributed by atoms with Gasteiger partial charge in [0.05, 0.1) is 18.8 Å². The molecule has 0 radical (unpaired) electrons. The van der Waals surface area contributed by atoms with Crippen LogP contribution in [0.4, 0.5) is 5.69 Å². The van der Waals surface area contributed by atoms with Gasteiger partial charge >= 0.3 is 0 Å². The maximum absolute atomic E-state index is 9.79. The highest BCUT2D eigenvalue weighted by molar-refractivity contribution is 5.49. The molecule has 1 saturated heterocycles. The van der Waals surface area contributed by atoms with Crippen molar-refractivity contribution in [1.82, 2.24) is 0 Å². The second-order valence-electron chi connectivity index (χ2n) is 5.16. The van der Waals surface area contributed by atoms with E-state index in [0.717, 1.165) is 25.1 Å². The molecule has 1 aliphatic rings. The minimum absolute atomic E-state index is 0.280. The van der Waals surface area contributed by atoms with Gasteiger partial charge in [0.15, 0.2) is 0 Å². The summed E-state index contributed by atoms with van der Waals surface area (Å²) in [5.74, 6) is 0. The van der Waals surface area contributed by atoms with Gasteiger partial charge in [-0.05, 0) is 38.0 Å². The van der Waals surface area contributed by atoms with Gasteiger partial charge in [-0.1, -0.05) is 19.1 Å². The predicted octanol–water partition coefficient (Wildman–Crippen LogP) is 2.74. The summed E-state index contributed by atoms with van der Waals surface area (Å²) in [5, 5.41) is 9.79. The van der Waals surface area contributed by atoms with Crippen LogP contribution < -0.4 is 4.90 Å². The number of anilines is 1. The first-order valence-corrected chi connectivity index (χ1v) is 6.78. The lowest BCUT2D eigenvalue weighted by Gasteiger charge is -2.38. The van der Waals surface area contributed by atoms with Gasteiger partial charge in [0.25, 0.3) is 0 Å². The number of aliphatic hydroxyl groups excluding tert-OH is 1. The Kier molecular flexibility index (Phi) is 4.25. The summed E-state index contributed by atoms with van der Waals surface area (Å²) in [6, 6.07) is 8.65. The second kappa shape index (κ2) is 5.72. The van der Waals surface area contributed by atoms with Crippen molar-refractivity contribution in [3.63, 3.8) is 0 Å². The topological polar surface area (TPSA) is 32.7 Å². The van der Waals surface area contributed by atoms with Gasteiger partial charge in [-0.2, -0.15) is 0 Å². The van der Waals surface area contributed by atoms with Crippen LogP contribution in [0.15, 0.2) is 24.3 Å². The number of morpholine rings is 1. The van der Waals surface area contributed by atoms with E-state index in [4.69, 9.17) is 4.74 Å². The van der Waals surface area contributed by atoms with Crippen molar-refractivity contribution in [3.8, 4) is 0 Å². The summed E-state index contributed by atoms with van der Waals surface area (Å²) in [7, 11) is 0. The number of benzene rings is 1. The molecule has 1 heterocycles.